The lowest BCUT2D eigenvalue weighted by atomic mass is 10.1. The fourth-order valence-corrected chi connectivity index (χ4v) is 2.65. The number of ether oxygens (including phenoxy) is 1. The van der Waals surface area contributed by atoms with E-state index in [4.69, 9.17) is 21.6 Å². The van der Waals surface area contributed by atoms with E-state index in [0.717, 1.165) is 34.7 Å². The molecular weight excluding hydrogens is 332 g/mol. The molecule has 0 fully saturated rings. The molecule has 0 saturated heterocycles. The monoisotopic (exact) mass is 348 g/mol. The van der Waals surface area contributed by atoms with Gasteiger partial charge in [-0.25, -0.2) is 4.99 Å². The molecule has 0 aliphatic heterocycles. The van der Waals surface area contributed by atoms with Gasteiger partial charge in [0.05, 0.1) is 12.0 Å². The van der Waals surface area contributed by atoms with Crippen LogP contribution in [0.4, 0.5) is 5.69 Å². The highest BCUT2D eigenvalue weighted by Gasteiger charge is 2.12. The van der Waals surface area contributed by atoms with Crippen molar-refractivity contribution in [3.8, 4) is 17.0 Å². The molecule has 0 atom stereocenters. The van der Waals surface area contributed by atoms with E-state index in [-0.39, 0.29) is 5.69 Å². The fraction of sp³-hybridized carbons (Fsp3) is 0.312. The number of thiazole rings is 1. The summed E-state index contributed by atoms with van der Waals surface area (Å²) in [5.74, 6) is 0.681. The second-order valence-corrected chi connectivity index (χ2v) is 6.60. The van der Waals surface area contributed by atoms with E-state index in [0.29, 0.717) is 15.3 Å². The largest absolute Gasteiger partial charge is 0.431 e. The van der Waals surface area contributed by atoms with Crippen LogP contribution in [0.3, 0.4) is 0 Å². The summed E-state index contributed by atoms with van der Waals surface area (Å²) in [6.07, 6.45) is 1.81. The molecule has 0 aliphatic rings. The van der Waals surface area contributed by atoms with Crippen molar-refractivity contribution in [3.05, 3.63) is 33.3 Å². The van der Waals surface area contributed by atoms with Gasteiger partial charge in [0.1, 0.15) is 16.2 Å². The molecule has 0 radical (unpaired) electrons. The Morgan fingerprint density at radius 3 is 2.78 bits per heavy atom. The predicted molar refractivity (Wildman–Crippen MR) is 94.3 cm³/mol. The Bertz CT molecular complexity index is 779. The van der Waals surface area contributed by atoms with E-state index in [9.17, 15) is 0 Å². The van der Waals surface area contributed by atoms with Gasteiger partial charge in [-0.15, -0.1) is 0 Å². The maximum atomic E-state index is 8.89. The van der Waals surface area contributed by atoms with E-state index >= 15 is 0 Å². The van der Waals surface area contributed by atoms with Gasteiger partial charge >= 0.3 is 0 Å². The highest BCUT2D eigenvalue weighted by atomic mass is 35.5. The van der Waals surface area contributed by atoms with Gasteiger partial charge in [0.15, 0.2) is 5.69 Å². The molecule has 1 heterocycles. The van der Waals surface area contributed by atoms with Crippen LogP contribution in [0.15, 0.2) is 17.1 Å². The standard InChI is InChI=1S/C16H17ClN4OS/c1-5-21(4)9-19-12-6-11(3)14(7-10(12)2)22-16-20-13(8-18)15(17)23-16/h6-7,9H,5H2,1-4H3. The maximum Gasteiger partial charge on any atom is 0.281 e. The fourth-order valence-electron chi connectivity index (χ4n) is 1.76. The quantitative estimate of drug-likeness (QED) is 0.581. The summed E-state index contributed by atoms with van der Waals surface area (Å²) in [7, 11) is 1.97. The third-order valence-electron chi connectivity index (χ3n) is 3.26. The molecule has 2 rings (SSSR count). The average molecular weight is 349 g/mol. The minimum atomic E-state index is 0.185. The SMILES string of the molecule is CCN(C)C=Nc1cc(C)c(Oc2nc(C#N)c(Cl)s2)cc1C. The Morgan fingerprint density at radius 2 is 2.17 bits per heavy atom. The Morgan fingerprint density at radius 1 is 1.43 bits per heavy atom. The maximum absolute atomic E-state index is 8.89. The van der Waals surface area contributed by atoms with Crippen molar-refractivity contribution in [2.24, 2.45) is 4.99 Å². The Labute approximate surface area is 144 Å². The lowest BCUT2D eigenvalue weighted by Crippen LogP contribution is -2.14. The van der Waals surface area contributed by atoms with E-state index < -0.39 is 0 Å². The van der Waals surface area contributed by atoms with Crippen LogP contribution in [0.2, 0.25) is 4.34 Å². The van der Waals surface area contributed by atoms with Crippen molar-refractivity contribution in [1.29, 1.82) is 5.26 Å². The topological polar surface area (TPSA) is 61.5 Å². The van der Waals surface area contributed by atoms with Crippen molar-refractivity contribution >= 4 is 35.0 Å². The minimum absolute atomic E-state index is 0.185. The third-order valence-corrected chi connectivity index (χ3v) is 4.39. The Balaban J connectivity index is 2.26. The van der Waals surface area contributed by atoms with Gasteiger partial charge in [-0.1, -0.05) is 22.9 Å². The highest BCUT2D eigenvalue weighted by molar-refractivity contribution is 7.17. The molecule has 1 aromatic carbocycles. The molecule has 0 unspecified atom stereocenters. The number of aryl methyl sites for hydroxylation is 2. The molecule has 0 aliphatic carbocycles. The molecule has 0 spiro atoms. The first-order valence-electron chi connectivity index (χ1n) is 7.04. The molecule has 2 aromatic rings. The summed E-state index contributed by atoms with van der Waals surface area (Å²) in [6, 6.07) is 5.81. The molecule has 0 bridgehead atoms. The first-order chi connectivity index (χ1) is 10.9. The van der Waals surface area contributed by atoms with Crippen LogP contribution >= 0.6 is 22.9 Å². The van der Waals surface area contributed by atoms with Gasteiger partial charge in [-0.2, -0.15) is 10.2 Å². The number of benzene rings is 1. The smallest absolute Gasteiger partial charge is 0.281 e. The Hall–Kier alpha value is -2.10. The first-order valence-corrected chi connectivity index (χ1v) is 8.24. The lowest BCUT2D eigenvalue weighted by molar-refractivity contribution is 0.474. The number of nitrogens with zero attached hydrogens (tertiary/aromatic N) is 4. The van der Waals surface area contributed by atoms with Crippen molar-refractivity contribution < 1.29 is 4.74 Å². The van der Waals surface area contributed by atoms with E-state index in [2.05, 4.69) is 16.9 Å². The molecule has 23 heavy (non-hydrogen) atoms. The van der Waals surface area contributed by atoms with Crippen LogP contribution < -0.4 is 4.74 Å². The molecule has 0 N–H and O–H groups in total. The zero-order valence-corrected chi connectivity index (χ0v) is 15.0. The molecule has 7 heteroatoms. The normalized spacial score (nSPS) is 10.8. The summed E-state index contributed by atoms with van der Waals surface area (Å²) < 4.78 is 6.10. The highest BCUT2D eigenvalue weighted by Crippen LogP contribution is 2.35. The van der Waals surface area contributed by atoms with Gasteiger partial charge in [0, 0.05) is 13.6 Å². The van der Waals surface area contributed by atoms with Gasteiger partial charge in [-0.3, -0.25) is 0 Å². The van der Waals surface area contributed by atoms with Crippen molar-refractivity contribution in [3.63, 3.8) is 0 Å². The number of hydrogen-bond donors (Lipinski definition) is 0. The molecule has 0 saturated carbocycles. The second kappa shape index (κ2) is 7.44. The second-order valence-electron chi connectivity index (χ2n) is 5.04. The van der Waals surface area contributed by atoms with Gasteiger partial charge in [0.2, 0.25) is 0 Å². The molecular formula is C16H17ClN4OS. The van der Waals surface area contributed by atoms with Crippen LogP contribution in [-0.4, -0.2) is 29.8 Å². The van der Waals surface area contributed by atoms with E-state index in [1.807, 2.05) is 50.3 Å². The summed E-state index contributed by atoms with van der Waals surface area (Å²) in [6.45, 7) is 6.88. The van der Waals surface area contributed by atoms with Crippen molar-refractivity contribution in [1.82, 2.24) is 9.88 Å². The number of rotatable bonds is 5. The van der Waals surface area contributed by atoms with Crippen LogP contribution in [0.1, 0.15) is 23.7 Å². The van der Waals surface area contributed by atoms with E-state index in [1.54, 1.807) is 0 Å². The minimum Gasteiger partial charge on any atom is -0.431 e. The number of halogens is 1. The average Bonchev–Trinajstić information content (AvgIpc) is 2.88. The van der Waals surface area contributed by atoms with Crippen molar-refractivity contribution in [2.45, 2.75) is 20.8 Å². The lowest BCUT2D eigenvalue weighted by Gasteiger charge is -2.11. The summed E-state index contributed by atoms with van der Waals surface area (Å²) in [5, 5.41) is 9.25. The van der Waals surface area contributed by atoms with Crippen LogP contribution in [0.25, 0.3) is 0 Å². The number of aromatic nitrogens is 1. The molecule has 0 amide bonds. The third kappa shape index (κ3) is 4.21. The molecule has 120 valence electrons. The molecule has 5 nitrogen and oxygen atoms in total. The van der Waals surface area contributed by atoms with Crippen LogP contribution in [0, 0.1) is 25.2 Å². The zero-order chi connectivity index (χ0) is 17.0. The number of aliphatic imine (C=N–C) groups is 1. The number of hydrogen-bond acceptors (Lipinski definition) is 5. The van der Waals surface area contributed by atoms with Gasteiger partial charge in [0.25, 0.3) is 5.19 Å². The number of nitriles is 1. The predicted octanol–water partition coefficient (Wildman–Crippen LogP) is 4.69. The summed E-state index contributed by atoms with van der Waals surface area (Å²) in [4.78, 5) is 10.5. The molecule has 1 aromatic heterocycles. The first kappa shape index (κ1) is 17.3. The zero-order valence-electron chi connectivity index (χ0n) is 13.4. The van der Waals surface area contributed by atoms with Gasteiger partial charge < -0.3 is 9.64 Å². The summed E-state index contributed by atoms with van der Waals surface area (Å²) in [5.41, 5.74) is 3.01. The van der Waals surface area contributed by atoms with Crippen LogP contribution in [0.5, 0.6) is 10.9 Å². The Kier molecular flexibility index (Phi) is 5.59. The van der Waals surface area contributed by atoms with Crippen LogP contribution in [-0.2, 0) is 0 Å². The van der Waals surface area contributed by atoms with E-state index in [1.165, 1.54) is 0 Å². The van der Waals surface area contributed by atoms with Crippen molar-refractivity contribution in [2.75, 3.05) is 13.6 Å². The summed E-state index contributed by atoms with van der Waals surface area (Å²) >= 11 is 7.06. The van der Waals surface area contributed by atoms with Gasteiger partial charge in [-0.05, 0) is 44.0 Å².